The Balaban J connectivity index is 1.72. The number of amides is 1. The molecule has 1 amide bonds. The molecule has 0 aliphatic heterocycles. The van der Waals surface area contributed by atoms with Crippen molar-refractivity contribution in [3.63, 3.8) is 0 Å². The van der Waals surface area contributed by atoms with Crippen LogP contribution in [0.15, 0.2) is 0 Å². The Morgan fingerprint density at radius 2 is 2.05 bits per heavy atom. The van der Waals surface area contributed by atoms with Gasteiger partial charge in [0.2, 0.25) is 5.91 Å². The number of nitrogens with zero attached hydrogens (tertiary/aromatic N) is 1. The van der Waals surface area contributed by atoms with E-state index in [9.17, 15) is 9.59 Å². The van der Waals surface area contributed by atoms with Crippen molar-refractivity contribution in [2.75, 3.05) is 26.8 Å². The van der Waals surface area contributed by atoms with Crippen molar-refractivity contribution < 1.29 is 19.4 Å². The maximum absolute atomic E-state index is 11.9. The monoisotopic (exact) mass is 298 g/mol. The lowest BCUT2D eigenvalue weighted by molar-refractivity contribution is -0.140. The Bertz CT molecular complexity index is 378. The molecule has 0 aromatic rings. The second-order valence-electron chi connectivity index (χ2n) is 6.45. The predicted molar refractivity (Wildman–Crippen MR) is 77.9 cm³/mol. The van der Waals surface area contributed by atoms with Crippen molar-refractivity contribution in [1.29, 1.82) is 0 Å². The first kappa shape index (κ1) is 16.2. The molecule has 0 heterocycles. The molecule has 6 heteroatoms. The van der Waals surface area contributed by atoms with Gasteiger partial charge in [-0.3, -0.25) is 14.5 Å². The number of carbonyl (C=O) groups excluding carboxylic acids is 1. The van der Waals surface area contributed by atoms with Crippen LogP contribution in [0, 0.1) is 11.8 Å². The second-order valence-corrected chi connectivity index (χ2v) is 6.45. The largest absolute Gasteiger partial charge is 0.480 e. The first-order valence-corrected chi connectivity index (χ1v) is 7.74. The Kier molecular flexibility index (Phi) is 5.58. The quantitative estimate of drug-likeness (QED) is 0.655. The highest BCUT2D eigenvalue weighted by atomic mass is 16.5. The molecule has 2 rings (SSSR count). The van der Waals surface area contributed by atoms with E-state index in [1.54, 1.807) is 7.11 Å². The average molecular weight is 298 g/mol. The Morgan fingerprint density at radius 1 is 1.38 bits per heavy atom. The molecule has 0 aromatic heterocycles. The summed E-state index contributed by atoms with van der Waals surface area (Å²) < 4.78 is 4.98. The van der Waals surface area contributed by atoms with E-state index in [0.29, 0.717) is 18.6 Å². The molecule has 6 nitrogen and oxygen atoms in total. The lowest BCUT2D eigenvalue weighted by Crippen LogP contribution is -2.56. The number of nitrogens with one attached hydrogen (secondary N) is 1. The Hall–Kier alpha value is -1.14. The van der Waals surface area contributed by atoms with Gasteiger partial charge in [0.25, 0.3) is 0 Å². The maximum Gasteiger partial charge on any atom is 0.317 e. The van der Waals surface area contributed by atoms with Crippen molar-refractivity contribution >= 4 is 11.9 Å². The van der Waals surface area contributed by atoms with Gasteiger partial charge in [0, 0.05) is 25.7 Å². The van der Waals surface area contributed by atoms with Crippen LogP contribution in [-0.4, -0.2) is 60.8 Å². The standard InChI is InChI=1S/C15H26N2O4/c1-10(9-21-2)15(20)16-12-5-13(6-12)17(8-14(18)19)7-11-3-4-11/h10-13H,3-9H2,1-2H3,(H,16,20)(H,18,19)/t10-,12?,13?/m1/s1. The smallest absolute Gasteiger partial charge is 0.317 e. The average Bonchev–Trinajstić information content (AvgIpc) is 3.15. The van der Waals surface area contributed by atoms with E-state index in [-0.39, 0.29) is 24.4 Å². The molecule has 0 aromatic carbocycles. The van der Waals surface area contributed by atoms with Crippen LogP contribution in [0.2, 0.25) is 0 Å². The number of hydrogen-bond donors (Lipinski definition) is 2. The third-order valence-electron chi connectivity index (χ3n) is 4.37. The fourth-order valence-electron chi connectivity index (χ4n) is 2.82. The van der Waals surface area contributed by atoms with Crippen LogP contribution < -0.4 is 5.32 Å². The summed E-state index contributed by atoms with van der Waals surface area (Å²) in [6, 6.07) is 0.474. The van der Waals surface area contributed by atoms with Crippen LogP contribution in [0.4, 0.5) is 0 Å². The molecule has 0 bridgehead atoms. The highest BCUT2D eigenvalue weighted by molar-refractivity contribution is 5.78. The van der Waals surface area contributed by atoms with E-state index in [0.717, 1.165) is 19.4 Å². The minimum atomic E-state index is -0.767. The summed E-state index contributed by atoms with van der Waals surface area (Å²) in [6.45, 7) is 3.27. The van der Waals surface area contributed by atoms with Crippen LogP contribution in [0.1, 0.15) is 32.6 Å². The molecule has 2 aliphatic rings. The van der Waals surface area contributed by atoms with Crippen molar-refractivity contribution in [1.82, 2.24) is 10.2 Å². The summed E-state index contributed by atoms with van der Waals surface area (Å²) in [6.07, 6.45) is 4.14. The molecular formula is C15H26N2O4. The van der Waals surface area contributed by atoms with Gasteiger partial charge in [0.15, 0.2) is 0 Å². The fraction of sp³-hybridized carbons (Fsp3) is 0.867. The molecule has 0 unspecified atom stereocenters. The van der Waals surface area contributed by atoms with Crippen LogP contribution in [-0.2, 0) is 14.3 Å². The number of carboxylic acid groups (broad SMARTS) is 1. The number of carboxylic acids is 1. The third kappa shape index (κ3) is 4.97. The van der Waals surface area contributed by atoms with E-state index < -0.39 is 5.97 Å². The van der Waals surface area contributed by atoms with Crippen LogP contribution in [0.5, 0.6) is 0 Å². The van der Waals surface area contributed by atoms with Crippen molar-refractivity contribution in [2.24, 2.45) is 11.8 Å². The Morgan fingerprint density at radius 3 is 2.57 bits per heavy atom. The number of rotatable bonds is 9. The van der Waals surface area contributed by atoms with Crippen molar-refractivity contribution in [2.45, 2.75) is 44.7 Å². The zero-order chi connectivity index (χ0) is 15.4. The van der Waals surface area contributed by atoms with Crippen LogP contribution in [0.25, 0.3) is 0 Å². The van der Waals surface area contributed by atoms with E-state index in [1.165, 1.54) is 12.8 Å². The van der Waals surface area contributed by atoms with Crippen molar-refractivity contribution in [3.05, 3.63) is 0 Å². The number of hydrogen-bond acceptors (Lipinski definition) is 4. The highest BCUT2D eigenvalue weighted by Crippen LogP contribution is 2.33. The molecular weight excluding hydrogens is 272 g/mol. The fourth-order valence-corrected chi connectivity index (χ4v) is 2.82. The minimum absolute atomic E-state index is 0.0206. The summed E-state index contributed by atoms with van der Waals surface area (Å²) in [5.74, 6) is -0.209. The van der Waals surface area contributed by atoms with Gasteiger partial charge < -0.3 is 15.2 Å². The summed E-state index contributed by atoms with van der Waals surface area (Å²) >= 11 is 0. The molecule has 0 saturated heterocycles. The van der Waals surface area contributed by atoms with Crippen LogP contribution in [0.3, 0.4) is 0 Å². The SMILES string of the molecule is COC[C@@H](C)C(=O)NC1CC(N(CC(=O)O)CC2CC2)C1. The van der Waals surface area contributed by atoms with Gasteiger partial charge in [0.05, 0.1) is 19.1 Å². The molecule has 2 saturated carbocycles. The highest BCUT2D eigenvalue weighted by Gasteiger charge is 2.38. The minimum Gasteiger partial charge on any atom is -0.480 e. The van der Waals surface area contributed by atoms with E-state index in [2.05, 4.69) is 10.2 Å². The summed E-state index contributed by atoms with van der Waals surface area (Å²) in [4.78, 5) is 24.9. The van der Waals surface area contributed by atoms with E-state index in [4.69, 9.17) is 9.84 Å². The third-order valence-corrected chi connectivity index (χ3v) is 4.37. The van der Waals surface area contributed by atoms with Gasteiger partial charge >= 0.3 is 5.97 Å². The topological polar surface area (TPSA) is 78.9 Å². The summed E-state index contributed by atoms with van der Waals surface area (Å²) in [7, 11) is 1.59. The first-order chi connectivity index (χ1) is 9.99. The van der Waals surface area contributed by atoms with Crippen molar-refractivity contribution in [3.8, 4) is 0 Å². The number of ether oxygens (including phenoxy) is 1. The normalized spacial score (nSPS) is 26.2. The van der Waals surface area contributed by atoms with Gasteiger partial charge in [-0.05, 0) is 31.6 Å². The molecule has 21 heavy (non-hydrogen) atoms. The van der Waals surface area contributed by atoms with E-state index >= 15 is 0 Å². The van der Waals surface area contributed by atoms with E-state index in [1.807, 2.05) is 6.92 Å². The van der Waals surface area contributed by atoms with Gasteiger partial charge in [-0.1, -0.05) is 6.92 Å². The summed E-state index contributed by atoms with van der Waals surface area (Å²) in [5.41, 5.74) is 0. The predicted octanol–water partition coefficient (Wildman–Crippen LogP) is 0.713. The van der Waals surface area contributed by atoms with Gasteiger partial charge in [-0.15, -0.1) is 0 Å². The molecule has 0 radical (unpaired) electrons. The maximum atomic E-state index is 11.9. The van der Waals surface area contributed by atoms with Gasteiger partial charge in [0.1, 0.15) is 0 Å². The van der Waals surface area contributed by atoms with Gasteiger partial charge in [-0.2, -0.15) is 0 Å². The molecule has 120 valence electrons. The zero-order valence-corrected chi connectivity index (χ0v) is 12.9. The number of methoxy groups -OCH3 is 1. The summed E-state index contributed by atoms with van der Waals surface area (Å²) in [5, 5.41) is 12.0. The van der Waals surface area contributed by atoms with Gasteiger partial charge in [-0.25, -0.2) is 0 Å². The first-order valence-electron chi connectivity index (χ1n) is 7.74. The lowest BCUT2D eigenvalue weighted by Gasteiger charge is -2.43. The Labute approximate surface area is 125 Å². The molecule has 0 spiro atoms. The number of aliphatic carboxylic acids is 1. The zero-order valence-electron chi connectivity index (χ0n) is 12.9. The molecule has 2 fully saturated rings. The lowest BCUT2D eigenvalue weighted by atomic mass is 9.85. The van der Waals surface area contributed by atoms with Crippen LogP contribution >= 0.6 is 0 Å². The number of carbonyl (C=O) groups is 2. The molecule has 2 N–H and O–H groups in total. The molecule has 2 aliphatic carbocycles. The molecule has 1 atom stereocenters. The second kappa shape index (κ2) is 7.22.